The molecule has 0 unspecified atom stereocenters. The Bertz CT molecular complexity index is 1530. The number of nitrogens with one attached hydrogen (secondary N) is 2. The summed E-state index contributed by atoms with van der Waals surface area (Å²) in [4.78, 5) is 28.8. The van der Waals surface area contributed by atoms with Gasteiger partial charge in [-0.2, -0.15) is 18.3 Å². The van der Waals surface area contributed by atoms with Gasteiger partial charge in [0.15, 0.2) is 5.82 Å². The van der Waals surface area contributed by atoms with Crippen LogP contribution in [0.5, 0.6) is 5.19 Å². The van der Waals surface area contributed by atoms with Crippen molar-refractivity contribution in [2.75, 3.05) is 44.0 Å². The lowest BCUT2D eigenvalue weighted by Gasteiger charge is -2.41. The topological polar surface area (TPSA) is 122 Å². The Morgan fingerprint density at radius 3 is 2.54 bits per heavy atom. The Labute approximate surface area is 223 Å². The van der Waals surface area contributed by atoms with E-state index in [9.17, 15) is 22.4 Å². The molecule has 5 rings (SSSR count). The third-order valence-corrected chi connectivity index (χ3v) is 6.93. The van der Waals surface area contributed by atoms with Gasteiger partial charge < -0.3 is 25.4 Å². The first-order chi connectivity index (χ1) is 18.4. The van der Waals surface area contributed by atoms with Crippen molar-refractivity contribution in [2.24, 2.45) is 13.0 Å². The molecule has 10 nitrogen and oxygen atoms in total. The monoisotopic (exact) mass is 568 g/mol. The van der Waals surface area contributed by atoms with Crippen LogP contribution in [-0.4, -0.2) is 71.7 Å². The Hall–Kier alpha value is -3.98. The highest BCUT2D eigenvalue weighted by molar-refractivity contribution is 7.21. The van der Waals surface area contributed by atoms with Crippen LogP contribution in [0.15, 0.2) is 30.5 Å². The summed E-state index contributed by atoms with van der Waals surface area (Å²) >= 11 is 1.42. The van der Waals surface area contributed by atoms with Crippen molar-refractivity contribution >= 4 is 55.7 Å². The summed E-state index contributed by atoms with van der Waals surface area (Å²) in [6, 6.07) is 6.72. The maximum absolute atomic E-state index is 14.4. The number of amides is 1. The van der Waals surface area contributed by atoms with E-state index in [1.807, 2.05) is 13.1 Å². The van der Waals surface area contributed by atoms with E-state index >= 15 is 0 Å². The Morgan fingerprint density at radius 1 is 1.23 bits per heavy atom. The first-order valence-corrected chi connectivity index (χ1v) is 12.3. The summed E-state index contributed by atoms with van der Waals surface area (Å²) in [6.45, 7) is 2.88. The van der Waals surface area contributed by atoms with Gasteiger partial charge in [-0.05, 0) is 31.3 Å². The molecular formula is C24H24F4N6O4S. The van der Waals surface area contributed by atoms with Crippen molar-refractivity contribution in [1.82, 2.24) is 20.1 Å². The predicted molar refractivity (Wildman–Crippen MR) is 138 cm³/mol. The zero-order valence-corrected chi connectivity index (χ0v) is 21.8. The fraction of sp³-hybridized carbons (Fsp3) is 0.333. The second-order valence-corrected chi connectivity index (χ2v) is 9.74. The molecule has 39 heavy (non-hydrogen) atoms. The van der Waals surface area contributed by atoms with Crippen molar-refractivity contribution in [3.8, 4) is 5.19 Å². The number of anilines is 2. The summed E-state index contributed by atoms with van der Waals surface area (Å²) in [5.41, 5.74) is 2.69. The van der Waals surface area contributed by atoms with Crippen LogP contribution in [0.2, 0.25) is 0 Å². The lowest BCUT2D eigenvalue weighted by Crippen LogP contribution is -2.50. The van der Waals surface area contributed by atoms with E-state index in [2.05, 4.69) is 25.6 Å². The van der Waals surface area contributed by atoms with Crippen molar-refractivity contribution < 1.29 is 37.0 Å². The fourth-order valence-corrected chi connectivity index (χ4v) is 5.11. The van der Waals surface area contributed by atoms with Crippen LogP contribution in [0.1, 0.15) is 10.4 Å². The SMILES string of the molecule is CNCC1CN(c2ccc(C(=O)Nc3cc(F)c4nn(C)cc4c3)c3nc(OC)sc23)C1.O=C(O)C(F)(F)F. The number of benzene rings is 2. The molecule has 4 aromatic rings. The third kappa shape index (κ3) is 6.04. The summed E-state index contributed by atoms with van der Waals surface area (Å²) in [7, 11) is 5.25. The largest absolute Gasteiger partial charge is 0.490 e. The van der Waals surface area contributed by atoms with E-state index in [1.54, 1.807) is 37.2 Å². The number of hydrogen-bond donors (Lipinski definition) is 3. The average Bonchev–Trinajstić information content (AvgIpc) is 3.44. The van der Waals surface area contributed by atoms with Gasteiger partial charge in [-0.25, -0.2) is 14.2 Å². The number of aryl methyl sites for hydroxylation is 1. The average molecular weight is 569 g/mol. The van der Waals surface area contributed by atoms with Crippen LogP contribution < -0.4 is 20.3 Å². The summed E-state index contributed by atoms with van der Waals surface area (Å²) in [5, 5.41) is 18.4. The zero-order chi connectivity index (χ0) is 28.5. The number of ether oxygens (including phenoxy) is 1. The minimum atomic E-state index is -5.08. The molecule has 0 spiro atoms. The number of rotatable bonds is 6. The number of halogens is 4. The molecule has 1 aliphatic rings. The molecule has 1 fully saturated rings. The lowest BCUT2D eigenvalue weighted by atomic mass is 9.98. The third-order valence-electron chi connectivity index (χ3n) is 5.89. The summed E-state index contributed by atoms with van der Waals surface area (Å²) in [5.74, 6) is -2.99. The van der Waals surface area contributed by atoms with E-state index in [-0.39, 0.29) is 11.4 Å². The number of carboxylic acids is 1. The lowest BCUT2D eigenvalue weighted by molar-refractivity contribution is -0.192. The van der Waals surface area contributed by atoms with Crippen molar-refractivity contribution in [2.45, 2.75) is 6.18 Å². The second-order valence-electron chi connectivity index (χ2n) is 8.78. The maximum atomic E-state index is 14.4. The molecule has 1 amide bonds. The van der Waals surface area contributed by atoms with Gasteiger partial charge in [0.05, 0.1) is 23.1 Å². The quantitative estimate of drug-likeness (QED) is 0.300. The van der Waals surface area contributed by atoms with E-state index in [0.717, 1.165) is 30.0 Å². The van der Waals surface area contributed by atoms with Gasteiger partial charge in [-0.1, -0.05) is 11.3 Å². The summed E-state index contributed by atoms with van der Waals surface area (Å²) < 4.78 is 54.0. The van der Waals surface area contributed by atoms with Crippen molar-refractivity contribution in [3.05, 3.63) is 41.8 Å². The minimum absolute atomic E-state index is 0.271. The number of aromatic nitrogens is 3. The van der Waals surface area contributed by atoms with E-state index < -0.39 is 18.0 Å². The number of carbonyl (C=O) groups excluding carboxylic acids is 1. The first-order valence-electron chi connectivity index (χ1n) is 11.5. The van der Waals surface area contributed by atoms with Crippen molar-refractivity contribution in [1.29, 1.82) is 0 Å². The van der Waals surface area contributed by atoms with E-state index in [4.69, 9.17) is 14.6 Å². The van der Waals surface area contributed by atoms with Crippen LogP contribution in [-0.2, 0) is 11.8 Å². The zero-order valence-electron chi connectivity index (χ0n) is 21.0. The number of carbonyl (C=O) groups is 2. The standard InChI is InChI=1S/C22H23FN6O2S.C2HF3O2/c1-24-8-12-9-29(10-12)17-5-4-15(19-20(17)32-22(26-19)31-3)21(30)25-14-6-13-11-28(2)27-18(13)16(23)7-14;3-2(4,5)1(6)7/h4-7,11-12,24H,8-10H2,1-3H3,(H,25,30);(H,6,7). The van der Waals surface area contributed by atoms with Gasteiger partial charge in [0, 0.05) is 49.9 Å². The number of aliphatic carboxylic acids is 1. The van der Waals surface area contributed by atoms with Crippen LogP contribution >= 0.6 is 11.3 Å². The highest BCUT2D eigenvalue weighted by atomic mass is 32.1. The fourth-order valence-electron chi connectivity index (χ4n) is 4.16. The Balaban J connectivity index is 0.000000448. The molecule has 3 heterocycles. The molecule has 2 aromatic carbocycles. The van der Waals surface area contributed by atoms with E-state index in [1.165, 1.54) is 17.4 Å². The molecule has 0 saturated carbocycles. The second kappa shape index (κ2) is 11.0. The number of carboxylic acid groups (broad SMARTS) is 1. The summed E-state index contributed by atoms with van der Waals surface area (Å²) in [6.07, 6.45) is -3.37. The van der Waals surface area contributed by atoms with Gasteiger partial charge in [-0.3, -0.25) is 9.48 Å². The number of hydrogen-bond acceptors (Lipinski definition) is 8. The Kier molecular flexibility index (Phi) is 7.92. The van der Waals surface area contributed by atoms with Gasteiger partial charge in [-0.15, -0.1) is 0 Å². The number of alkyl halides is 3. The minimum Gasteiger partial charge on any atom is -0.475 e. The number of nitrogens with zero attached hydrogens (tertiary/aromatic N) is 4. The number of thiazole rings is 1. The molecule has 2 aromatic heterocycles. The first kappa shape index (κ1) is 28.0. The van der Waals surface area contributed by atoms with Gasteiger partial charge in [0.25, 0.3) is 11.1 Å². The highest BCUT2D eigenvalue weighted by Gasteiger charge is 2.38. The molecule has 208 valence electrons. The van der Waals surface area contributed by atoms with Gasteiger partial charge in [0.2, 0.25) is 0 Å². The normalized spacial score (nSPS) is 13.7. The number of fused-ring (bicyclic) bond motifs is 2. The van der Waals surface area contributed by atoms with Crippen LogP contribution in [0.25, 0.3) is 21.1 Å². The molecule has 15 heteroatoms. The predicted octanol–water partition coefficient (Wildman–Crippen LogP) is 3.87. The van der Waals surface area contributed by atoms with Crippen LogP contribution in [0.4, 0.5) is 28.9 Å². The molecule has 0 bridgehead atoms. The molecular weight excluding hydrogens is 544 g/mol. The van der Waals surface area contributed by atoms with Gasteiger partial charge >= 0.3 is 12.1 Å². The molecule has 3 N–H and O–H groups in total. The molecule has 0 atom stereocenters. The highest BCUT2D eigenvalue weighted by Crippen LogP contribution is 2.39. The molecule has 1 aliphatic heterocycles. The molecule has 1 saturated heterocycles. The van der Waals surface area contributed by atoms with Gasteiger partial charge in [0.1, 0.15) is 11.0 Å². The molecule has 0 aliphatic carbocycles. The van der Waals surface area contributed by atoms with Crippen LogP contribution in [0.3, 0.4) is 0 Å². The van der Waals surface area contributed by atoms with E-state index in [0.29, 0.717) is 33.3 Å². The number of methoxy groups -OCH3 is 1. The Morgan fingerprint density at radius 2 is 1.92 bits per heavy atom. The maximum Gasteiger partial charge on any atom is 0.490 e. The molecule has 0 radical (unpaired) electrons. The van der Waals surface area contributed by atoms with Crippen LogP contribution in [0, 0.1) is 11.7 Å². The van der Waals surface area contributed by atoms with Crippen molar-refractivity contribution in [3.63, 3.8) is 0 Å². The smallest absolute Gasteiger partial charge is 0.475 e.